The maximum Gasteiger partial charge on any atom is 0.0173 e. The molecular weight excluding hydrogens is 132 g/mol. The van der Waals surface area contributed by atoms with Gasteiger partial charge in [-0.05, 0) is 25.5 Å². The van der Waals surface area contributed by atoms with Crippen LogP contribution in [0.3, 0.4) is 0 Å². The summed E-state index contributed by atoms with van der Waals surface area (Å²) in [5.41, 5.74) is 5.69. The molecule has 0 aliphatic carbocycles. The minimum absolute atomic E-state index is 0.336. The highest BCUT2D eigenvalue weighted by Crippen LogP contribution is 1.96. The third-order valence-electron chi connectivity index (χ3n) is 1.16. The summed E-state index contributed by atoms with van der Waals surface area (Å²) >= 11 is 1.85. The Kier molecular flexibility index (Phi) is 6.58. The predicted octanol–water partition coefficient (Wildman–Crippen LogP) is 0.286. The molecule has 0 heterocycles. The van der Waals surface area contributed by atoms with Crippen LogP contribution in [0.1, 0.15) is 6.42 Å². The normalized spacial score (nSPS) is 13.7. The van der Waals surface area contributed by atoms with Crippen LogP contribution in [0.4, 0.5) is 0 Å². The Morgan fingerprint density at radius 1 is 1.67 bits per heavy atom. The fourth-order valence-electron chi connectivity index (χ4n) is 0.633. The Balaban J connectivity index is 2.95. The zero-order chi connectivity index (χ0) is 7.11. The minimum Gasteiger partial charge on any atom is -0.327 e. The Morgan fingerprint density at radius 3 is 2.78 bits per heavy atom. The van der Waals surface area contributed by atoms with Crippen molar-refractivity contribution >= 4 is 11.8 Å². The fraction of sp³-hybridized carbons (Fsp3) is 1.00. The van der Waals surface area contributed by atoms with E-state index in [0.29, 0.717) is 6.04 Å². The summed E-state index contributed by atoms with van der Waals surface area (Å²) in [5, 5.41) is 3.04. The molecule has 0 aliphatic heterocycles. The summed E-state index contributed by atoms with van der Waals surface area (Å²) in [7, 11) is 1.93. The number of nitrogens with one attached hydrogen (secondary N) is 1. The van der Waals surface area contributed by atoms with Gasteiger partial charge >= 0.3 is 0 Å². The van der Waals surface area contributed by atoms with E-state index in [1.54, 1.807) is 0 Å². The second-order valence-electron chi connectivity index (χ2n) is 2.10. The summed E-state index contributed by atoms with van der Waals surface area (Å²) < 4.78 is 0. The average molecular weight is 148 g/mol. The summed E-state index contributed by atoms with van der Waals surface area (Å²) in [6.07, 6.45) is 3.22. The van der Waals surface area contributed by atoms with Crippen LogP contribution >= 0.6 is 11.8 Å². The molecule has 2 nitrogen and oxygen atoms in total. The molecule has 0 aromatic carbocycles. The zero-order valence-electron chi connectivity index (χ0n) is 6.18. The zero-order valence-corrected chi connectivity index (χ0v) is 7.00. The first-order valence-electron chi connectivity index (χ1n) is 3.20. The van der Waals surface area contributed by atoms with Crippen LogP contribution in [0.2, 0.25) is 0 Å². The third-order valence-corrected chi connectivity index (χ3v) is 1.80. The Labute approximate surface area is 61.6 Å². The van der Waals surface area contributed by atoms with E-state index >= 15 is 0 Å². The molecule has 0 radical (unpaired) electrons. The van der Waals surface area contributed by atoms with Gasteiger partial charge in [0.2, 0.25) is 0 Å². The van der Waals surface area contributed by atoms with Crippen LogP contribution in [0.5, 0.6) is 0 Å². The highest BCUT2D eigenvalue weighted by Gasteiger charge is 1.97. The molecule has 3 heteroatoms. The molecule has 0 fully saturated rings. The van der Waals surface area contributed by atoms with Crippen LogP contribution in [0.15, 0.2) is 0 Å². The molecule has 3 N–H and O–H groups in total. The molecule has 0 bridgehead atoms. The van der Waals surface area contributed by atoms with E-state index in [-0.39, 0.29) is 0 Å². The van der Waals surface area contributed by atoms with Gasteiger partial charge in [-0.15, -0.1) is 0 Å². The lowest BCUT2D eigenvalue weighted by atomic mass is 10.2. The van der Waals surface area contributed by atoms with E-state index in [2.05, 4.69) is 11.6 Å². The van der Waals surface area contributed by atoms with Gasteiger partial charge in [0.15, 0.2) is 0 Å². The van der Waals surface area contributed by atoms with Gasteiger partial charge in [0, 0.05) is 12.6 Å². The van der Waals surface area contributed by atoms with Crippen molar-refractivity contribution in [2.24, 2.45) is 5.73 Å². The number of thioether (sulfide) groups is 1. The van der Waals surface area contributed by atoms with Gasteiger partial charge in [-0.1, -0.05) is 0 Å². The summed E-state index contributed by atoms with van der Waals surface area (Å²) in [6, 6.07) is 0.336. The summed E-state index contributed by atoms with van der Waals surface area (Å²) in [6.45, 7) is 0.931. The number of hydrogen-bond donors (Lipinski definition) is 2. The van der Waals surface area contributed by atoms with E-state index in [0.717, 1.165) is 13.0 Å². The third kappa shape index (κ3) is 6.15. The average Bonchev–Trinajstić information content (AvgIpc) is 1.85. The van der Waals surface area contributed by atoms with Gasteiger partial charge in [0.25, 0.3) is 0 Å². The molecule has 0 rings (SSSR count). The highest BCUT2D eigenvalue weighted by molar-refractivity contribution is 7.98. The molecule has 0 aromatic heterocycles. The Bertz CT molecular complexity index is 59.0. The van der Waals surface area contributed by atoms with Gasteiger partial charge in [0.05, 0.1) is 0 Å². The first-order chi connectivity index (χ1) is 4.31. The maximum absolute atomic E-state index is 5.69. The molecule has 0 amide bonds. The van der Waals surface area contributed by atoms with Crippen molar-refractivity contribution in [1.82, 2.24) is 5.32 Å². The van der Waals surface area contributed by atoms with Crippen molar-refractivity contribution < 1.29 is 0 Å². The standard InChI is InChI=1S/C6H16N2S/c1-8-5-6(7)3-4-9-2/h6,8H,3-5,7H2,1-2H3. The molecule has 0 saturated heterocycles. The molecule has 1 atom stereocenters. The smallest absolute Gasteiger partial charge is 0.0173 e. The van der Waals surface area contributed by atoms with Crippen LogP contribution in [-0.4, -0.2) is 31.6 Å². The van der Waals surface area contributed by atoms with Gasteiger partial charge in [-0.2, -0.15) is 11.8 Å². The Hall–Kier alpha value is 0.270. The second kappa shape index (κ2) is 6.39. The van der Waals surface area contributed by atoms with E-state index < -0.39 is 0 Å². The van der Waals surface area contributed by atoms with Crippen molar-refractivity contribution in [1.29, 1.82) is 0 Å². The molecule has 0 saturated carbocycles. The SMILES string of the molecule is CNCC(N)CCSC. The van der Waals surface area contributed by atoms with Crippen LogP contribution in [0.25, 0.3) is 0 Å². The summed E-state index contributed by atoms with van der Waals surface area (Å²) in [4.78, 5) is 0. The Morgan fingerprint density at radius 2 is 2.33 bits per heavy atom. The van der Waals surface area contributed by atoms with Crippen molar-refractivity contribution in [2.75, 3.05) is 25.6 Å². The molecule has 0 aromatic rings. The van der Waals surface area contributed by atoms with Gasteiger partial charge in [-0.3, -0.25) is 0 Å². The van der Waals surface area contributed by atoms with Crippen molar-refractivity contribution in [3.63, 3.8) is 0 Å². The highest BCUT2D eigenvalue weighted by atomic mass is 32.2. The van der Waals surface area contributed by atoms with Crippen LogP contribution in [0, 0.1) is 0 Å². The van der Waals surface area contributed by atoms with Gasteiger partial charge in [-0.25, -0.2) is 0 Å². The lowest BCUT2D eigenvalue weighted by Crippen LogP contribution is -2.32. The van der Waals surface area contributed by atoms with Crippen molar-refractivity contribution in [3.8, 4) is 0 Å². The monoisotopic (exact) mass is 148 g/mol. The first-order valence-corrected chi connectivity index (χ1v) is 4.59. The largest absolute Gasteiger partial charge is 0.327 e. The maximum atomic E-state index is 5.69. The number of rotatable bonds is 5. The van der Waals surface area contributed by atoms with Crippen LogP contribution < -0.4 is 11.1 Å². The molecule has 0 aliphatic rings. The van der Waals surface area contributed by atoms with Gasteiger partial charge in [0.1, 0.15) is 0 Å². The molecule has 1 unspecified atom stereocenters. The lowest BCUT2D eigenvalue weighted by molar-refractivity contribution is 0.606. The topological polar surface area (TPSA) is 38.0 Å². The second-order valence-corrected chi connectivity index (χ2v) is 3.08. The predicted molar refractivity (Wildman–Crippen MR) is 44.9 cm³/mol. The quantitative estimate of drug-likeness (QED) is 0.588. The number of likely N-dealkylation sites (N-methyl/N-ethyl adjacent to an activating group) is 1. The van der Waals surface area contributed by atoms with E-state index in [1.165, 1.54) is 5.75 Å². The molecule has 0 spiro atoms. The summed E-state index contributed by atoms with van der Waals surface area (Å²) in [5.74, 6) is 1.17. The van der Waals surface area contributed by atoms with Crippen LogP contribution in [-0.2, 0) is 0 Å². The lowest BCUT2D eigenvalue weighted by Gasteiger charge is -2.08. The van der Waals surface area contributed by atoms with Gasteiger partial charge < -0.3 is 11.1 Å². The molecular formula is C6H16N2S. The van der Waals surface area contributed by atoms with Crippen molar-refractivity contribution in [3.05, 3.63) is 0 Å². The van der Waals surface area contributed by atoms with E-state index in [9.17, 15) is 0 Å². The number of hydrogen-bond acceptors (Lipinski definition) is 3. The number of nitrogens with two attached hydrogens (primary N) is 1. The van der Waals surface area contributed by atoms with Crippen molar-refractivity contribution in [2.45, 2.75) is 12.5 Å². The molecule has 56 valence electrons. The molecule has 9 heavy (non-hydrogen) atoms. The van der Waals surface area contributed by atoms with E-state index in [4.69, 9.17) is 5.73 Å². The van der Waals surface area contributed by atoms with E-state index in [1.807, 2.05) is 18.8 Å². The first kappa shape index (κ1) is 9.27. The minimum atomic E-state index is 0.336. The fourth-order valence-corrected chi connectivity index (χ4v) is 1.17.